The van der Waals surface area contributed by atoms with Crippen LogP contribution in [0.2, 0.25) is 0 Å². The van der Waals surface area contributed by atoms with Crippen LogP contribution in [0.5, 0.6) is 0 Å². The van der Waals surface area contributed by atoms with Gasteiger partial charge in [0.25, 0.3) is 0 Å². The van der Waals surface area contributed by atoms with E-state index < -0.39 is 4.87 Å². The number of ketones is 1. The molecule has 0 amide bonds. The highest BCUT2D eigenvalue weighted by atomic mass is 35.5. The van der Waals surface area contributed by atoms with Crippen LogP contribution in [0, 0.1) is 0 Å². The zero-order valence-corrected chi connectivity index (χ0v) is 9.90. The number of rotatable bonds is 3. The molecule has 0 saturated carbocycles. The predicted molar refractivity (Wildman–Crippen MR) is 63.4 cm³/mol. The molecule has 0 fully saturated rings. The van der Waals surface area contributed by atoms with Gasteiger partial charge in [-0.3, -0.25) is 4.79 Å². The Balaban J connectivity index is 2.93. The second-order valence-corrected chi connectivity index (χ2v) is 4.92. The second kappa shape index (κ2) is 4.37. The third-order valence-electron chi connectivity index (χ3n) is 1.94. The van der Waals surface area contributed by atoms with Crippen molar-refractivity contribution in [2.45, 2.75) is 24.5 Å². The van der Waals surface area contributed by atoms with Gasteiger partial charge in [0.1, 0.15) is 4.87 Å². The number of alkyl halides is 1. The molecule has 0 N–H and O–H groups in total. The minimum absolute atomic E-state index is 0.0510. The molecule has 0 aliphatic heterocycles. The summed E-state index contributed by atoms with van der Waals surface area (Å²) in [7, 11) is 0. The maximum absolute atomic E-state index is 11.7. The van der Waals surface area contributed by atoms with Crippen LogP contribution in [0.4, 0.5) is 0 Å². The molecule has 1 aromatic carbocycles. The van der Waals surface area contributed by atoms with E-state index in [-0.39, 0.29) is 5.78 Å². The Kier molecular flexibility index (Phi) is 3.62. The third kappa shape index (κ3) is 2.76. The van der Waals surface area contributed by atoms with Crippen molar-refractivity contribution in [1.82, 2.24) is 0 Å². The molecule has 0 radical (unpaired) electrons. The summed E-state index contributed by atoms with van der Waals surface area (Å²) in [6.07, 6.45) is 0. The maximum Gasteiger partial charge on any atom is 0.183 e. The van der Waals surface area contributed by atoms with Gasteiger partial charge in [-0.05, 0) is 19.4 Å². The van der Waals surface area contributed by atoms with E-state index in [4.69, 9.17) is 11.6 Å². The largest absolute Gasteiger partial charge is 0.292 e. The van der Waals surface area contributed by atoms with Crippen LogP contribution < -0.4 is 0 Å². The summed E-state index contributed by atoms with van der Waals surface area (Å²) in [5.41, 5.74) is 1.74. The minimum Gasteiger partial charge on any atom is -0.292 e. The Labute approximate surface area is 94.9 Å². The lowest BCUT2D eigenvalue weighted by Gasteiger charge is -2.13. The fourth-order valence-corrected chi connectivity index (χ4v) is 1.42. The Morgan fingerprint density at radius 3 is 2.21 bits per heavy atom. The molecule has 0 bridgehead atoms. The molecule has 0 unspecified atom stereocenters. The van der Waals surface area contributed by atoms with Gasteiger partial charge in [-0.25, -0.2) is 0 Å². The summed E-state index contributed by atoms with van der Waals surface area (Å²) in [5, 5.41) is 0. The van der Waals surface area contributed by atoms with Crippen LogP contribution in [0.3, 0.4) is 0 Å². The maximum atomic E-state index is 11.7. The smallest absolute Gasteiger partial charge is 0.183 e. The zero-order chi connectivity index (χ0) is 10.8. The van der Waals surface area contributed by atoms with E-state index in [1.807, 2.05) is 12.1 Å². The van der Waals surface area contributed by atoms with Gasteiger partial charge in [0.05, 0.1) is 0 Å². The predicted octanol–water partition coefficient (Wildman–Crippen LogP) is 3.32. The fourth-order valence-electron chi connectivity index (χ4n) is 1.10. The van der Waals surface area contributed by atoms with E-state index in [1.54, 1.807) is 26.0 Å². The van der Waals surface area contributed by atoms with Gasteiger partial charge in [-0.15, -0.1) is 11.6 Å². The number of carbonyl (C=O) groups excluding carboxylic acids is 1. The molecule has 0 atom stereocenters. The van der Waals surface area contributed by atoms with Crippen LogP contribution in [0.15, 0.2) is 24.3 Å². The Morgan fingerprint density at radius 2 is 1.86 bits per heavy atom. The molecule has 0 spiro atoms. The highest BCUT2D eigenvalue weighted by molar-refractivity contribution is 7.79. The summed E-state index contributed by atoms with van der Waals surface area (Å²) >= 11 is 10.1. The van der Waals surface area contributed by atoms with Crippen molar-refractivity contribution in [1.29, 1.82) is 0 Å². The topological polar surface area (TPSA) is 17.1 Å². The Bertz CT molecular complexity index is 324. The molecular weight excluding hydrogens is 216 g/mol. The molecular formula is C11H13ClOS. The molecule has 3 heteroatoms. The van der Waals surface area contributed by atoms with Gasteiger partial charge >= 0.3 is 0 Å². The van der Waals surface area contributed by atoms with Gasteiger partial charge in [0.15, 0.2) is 5.78 Å². The lowest BCUT2D eigenvalue weighted by molar-refractivity contribution is 0.0954. The van der Waals surface area contributed by atoms with Crippen LogP contribution >= 0.6 is 24.2 Å². The van der Waals surface area contributed by atoms with Gasteiger partial charge in [-0.1, -0.05) is 24.3 Å². The third-order valence-corrected chi connectivity index (χ3v) is 2.48. The van der Waals surface area contributed by atoms with Crippen LogP contribution in [-0.4, -0.2) is 10.7 Å². The van der Waals surface area contributed by atoms with Gasteiger partial charge < -0.3 is 0 Å². The first-order valence-electron chi connectivity index (χ1n) is 4.38. The van der Waals surface area contributed by atoms with Crippen molar-refractivity contribution in [3.05, 3.63) is 35.4 Å². The number of hydrogen-bond donors (Lipinski definition) is 1. The molecule has 1 aromatic rings. The van der Waals surface area contributed by atoms with Gasteiger partial charge in [0.2, 0.25) is 0 Å². The van der Waals surface area contributed by atoms with E-state index in [0.29, 0.717) is 11.3 Å². The van der Waals surface area contributed by atoms with Crippen LogP contribution in [0.25, 0.3) is 0 Å². The molecule has 0 heterocycles. The molecule has 0 saturated heterocycles. The standard InChI is InChI=1S/C11H13ClOS/c1-11(2,12)10(13)9-5-3-8(7-14)4-6-9/h3-6,14H,7H2,1-2H3. The quantitative estimate of drug-likeness (QED) is 0.477. The highest BCUT2D eigenvalue weighted by Crippen LogP contribution is 2.20. The first-order valence-corrected chi connectivity index (χ1v) is 5.39. The molecule has 1 nitrogen and oxygen atoms in total. The molecule has 76 valence electrons. The first-order chi connectivity index (χ1) is 6.45. The van der Waals surface area contributed by atoms with Crippen molar-refractivity contribution in [3.63, 3.8) is 0 Å². The number of Topliss-reactive ketones (excluding diaryl/α,β-unsaturated/α-hetero) is 1. The summed E-state index contributed by atoms with van der Waals surface area (Å²) < 4.78 is 0. The lowest BCUT2D eigenvalue weighted by atomic mass is 9.99. The number of hydrogen-bond acceptors (Lipinski definition) is 2. The van der Waals surface area contributed by atoms with Crippen molar-refractivity contribution in [2.24, 2.45) is 0 Å². The van der Waals surface area contributed by atoms with Crippen molar-refractivity contribution >= 4 is 30.0 Å². The van der Waals surface area contributed by atoms with Crippen molar-refractivity contribution < 1.29 is 4.79 Å². The number of carbonyl (C=O) groups is 1. The average molecular weight is 229 g/mol. The van der Waals surface area contributed by atoms with Gasteiger partial charge in [0, 0.05) is 11.3 Å². The van der Waals surface area contributed by atoms with E-state index in [9.17, 15) is 4.79 Å². The molecule has 0 aliphatic rings. The van der Waals surface area contributed by atoms with Gasteiger partial charge in [-0.2, -0.15) is 12.6 Å². The summed E-state index contributed by atoms with van der Waals surface area (Å²) in [4.78, 5) is 10.9. The molecule has 1 rings (SSSR count). The number of benzene rings is 1. The highest BCUT2D eigenvalue weighted by Gasteiger charge is 2.25. The van der Waals surface area contributed by atoms with Crippen molar-refractivity contribution in [2.75, 3.05) is 0 Å². The Hall–Kier alpha value is -0.470. The molecule has 0 aliphatic carbocycles. The van der Waals surface area contributed by atoms with Crippen LogP contribution in [-0.2, 0) is 5.75 Å². The van der Waals surface area contributed by atoms with E-state index in [1.165, 1.54) is 0 Å². The Morgan fingerprint density at radius 1 is 1.36 bits per heavy atom. The number of thiol groups is 1. The lowest BCUT2D eigenvalue weighted by Crippen LogP contribution is -2.24. The normalized spacial score (nSPS) is 11.4. The zero-order valence-electron chi connectivity index (χ0n) is 8.25. The first kappa shape index (κ1) is 11.6. The van der Waals surface area contributed by atoms with E-state index in [0.717, 1.165) is 5.56 Å². The van der Waals surface area contributed by atoms with E-state index >= 15 is 0 Å². The SMILES string of the molecule is CC(C)(Cl)C(=O)c1ccc(CS)cc1. The minimum atomic E-state index is -0.831. The molecule has 0 aromatic heterocycles. The second-order valence-electron chi connectivity index (χ2n) is 3.66. The fraction of sp³-hybridized carbons (Fsp3) is 0.364. The summed E-state index contributed by atoms with van der Waals surface area (Å²) in [5.74, 6) is 0.628. The molecule has 14 heavy (non-hydrogen) atoms. The van der Waals surface area contributed by atoms with E-state index in [2.05, 4.69) is 12.6 Å². The van der Waals surface area contributed by atoms with Crippen LogP contribution in [0.1, 0.15) is 29.8 Å². The summed E-state index contributed by atoms with van der Waals surface area (Å²) in [6.45, 7) is 3.40. The average Bonchev–Trinajstić information content (AvgIpc) is 2.15. The summed E-state index contributed by atoms with van der Waals surface area (Å²) in [6, 6.07) is 7.36. The monoisotopic (exact) mass is 228 g/mol. The van der Waals surface area contributed by atoms with Crippen molar-refractivity contribution in [3.8, 4) is 0 Å². The number of halogens is 1.